The van der Waals surface area contributed by atoms with Crippen LogP contribution < -0.4 is 5.32 Å². The summed E-state index contributed by atoms with van der Waals surface area (Å²) in [4.78, 5) is 21.8. The molecule has 0 unspecified atom stereocenters. The third-order valence-corrected chi connectivity index (χ3v) is 3.83. The molecular formula is C11H19NO3S. The van der Waals surface area contributed by atoms with Crippen molar-refractivity contribution in [2.24, 2.45) is 5.92 Å². The highest BCUT2D eigenvalue weighted by molar-refractivity contribution is 8.00. The predicted molar refractivity (Wildman–Crippen MR) is 64.5 cm³/mol. The van der Waals surface area contributed by atoms with Crippen LogP contribution in [0.4, 0.5) is 0 Å². The van der Waals surface area contributed by atoms with Crippen molar-refractivity contribution in [1.82, 2.24) is 5.32 Å². The summed E-state index contributed by atoms with van der Waals surface area (Å²) in [5.41, 5.74) is 0. The first-order valence-corrected chi connectivity index (χ1v) is 6.84. The zero-order valence-electron chi connectivity index (χ0n) is 9.57. The predicted octanol–water partition coefficient (Wildman–Crippen LogP) is 1.50. The lowest BCUT2D eigenvalue weighted by atomic mass is 9.86. The number of hydrogen-bond acceptors (Lipinski definition) is 3. The Morgan fingerprint density at radius 2 is 2.00 bits per heavy atom. The standard InChI is InChI=1S/C11H19NO3S/c1-8-4-2-3-5-9(8)12-10(13)6-16-7-11(14)15/h8-9H,2-7H2,1H3,(H,12,13)(H,14,15)/t8-,9+/m0/s1. The number of carbonyl (C=O) groups is 2. The van der Waals surface area contributed by atoms with Gasteiger partial charge in [-0.15, -0.1) is 11.8 Å². The van der Waals surface area contributed by atoms with Gasteiger partial charge in [-0.2, -0.15) is 0 Å². The van der Waals surface area contributed by atoms with Gasteiger partial charge in [-0.1, -0.05) is 19.8 Å². The van der Waals surface area contributed by atoms with Crippen LogP contribution in [0.3, 0.4) is 0 Å². The normalized spacial score (nSPS) is 25.1. The molecule has 1 fully saturated rings. The number of aliphatic carboxylic acids is 1. The number of amides is 1. The number of carbonyl (C=O) groups excluding carboxylic acids is 1. The largest absolute Gasteiger partial charge is 0.481 e. The van der Waals surface area contributed by atoms with Crippen molar-refractivity contribution in [3.8, 4) is 0 Å². The van der Waals surface area contributed by atoms with Gasteiger partial charge in [0.2, 0.25) is 5.91 Å². The molecule has 2 N–H and O–H groups in total. The Labute approximate surface area is 100 Å². The van der Waals surface area contributed by atoms with Crippen LogP contribution in [0.15, 0.2) is 0 Å². The van der Waals surface area contributed by atoms with E-state index in [0.717, 1.165) is 18.2 Å². The Morgan fingerprint density at radius 1 is 1.31 bits per heavy atom. The van der Waals surface area contributed by atoms with E-state index in [1.807, 2.05) is 0 Å². The van der Waals surface area contributed by atoms with Crippen molar-refractivity contribution < 1.29 is 14.7 Å². The molecule has 1 rings (SSSR count). The Bertz CT molecular complexity index is 258. The fraction of sp³-hybridized carbons (Fsp3) is 0.818. The fourth-order valence-electron chi connectivity index (χ4n) is 2.01. The number of thioether (sulfide) groups is 1. The molecule has 92 valence electrons. The maximum absolute atomic E-state index is 11.5. The van der Waals surface area contributed by atoms with Crippen LogP contribution in [0, 0.1) is 5.92 Å². The minimum atomic E-state index is -0.871. The topological polar surface area (TPSA) is 66.4 Å². The van der Waals surface area contributed by atoms with Crippen molar-refractivity contribution in [2.45, 2.75) is 38.6 Å². The molecule has 0 bridgehead atoms. The van der Waals surface area contributed by atoms with Gasteiger partial charge in [0.25, 0.3) is 0 Å². The third-order valence-electron chi connectivity index (χ3n) is 2.92. The van der Waals surface area contributed by atoms with Crippen LogP contribution >= 0.6 is 11.8 Å². The second kappa shape index (κ2) is 6.78. The summed E-state index contributed by atoms with van der Waals surface area (Å²) in [6, 6.07) is 0.284. The van der Waals surface area contributed by atoms with Gasteiger partial charge in [-0.25, -0.2) is 0 Å². The Morgan fingerprint density at radius 3 is 2.62 bits per heavy atom. The minimum Gasteiger partial charge on any atom is -0.481 e. The maximum atomic E-state index is 11.5. The van der Waals surface area contributed by atoms with Crippen LogP contribution in [-0.4, -0.2) is 34.5 Å². The van der Waals surface area contributed by atoms with Crippen molar-refractivity contribution in [1.29, 1.82) is 0 Å². The summed E-state index contributed by atoms with van der Waals surface area (Å²) >= 11 is 1.15. The van der Waals surface area contributed by atoms with Crippen molar-refractivity contribution in [3.05, 3.63) is 0 Å². The molecular weight excluding hydrogens is 226 g/mol. The van der Waals surface area contributed by atoms with Crippen LogP contribution in [0.5, 0.6) is 0 Å². The third kappa shape index (κ3) is 4.88. The maximum Gasteiger partial charge on any atom is 0.313 e. The first-order chi connectivity index (χ1) is 7.59. The van der Waals surface area contributed by atoms with E-state index in [1.54, 1.807) is 0 Å². The van der Waals surface area contributed by atoms with E-state index in [0.29, 0.717) is 5.92 Å². The van der Waals surface area contributed by atoms with Crippen molar-refractivity contribution >= 4 is 23.6 Å². The molecule has 0 aromatic heterocycles. The van der Waals surface area contributed by atoms with Gasteiger partial charge in [0.15, 0.2) is 0 Å². The van der Waals surface area contributed by atoms with Gasteiger partial charge in [0, 0.05) is 6.04 Å². The SMILES string of the molecule is C[C@H]1CCCC[C@H]1NC(=O)CSCC(=O)O. The quantitative estimate of drug-likeness (QED) is 0.770. The molecule has 1 aliphatic rings. The molecule has 0 radical (unpaired) electrons. The summed E-state index contributed by atoms with van der Waals surface area (Å²) < 4.78 is 0. The lowest BCUT2D eigenvalue weighted by molar-refractivity contribution is -0.133. The first kappa shape index (κ1) is 13.4. The van der Waals surface area contributed by atoms with E-state index in [-0.39, 0.29) is 23.5 Å². The van der Waals surface area contributed by atoms with E-state index in [1.165, 1.54) is 19.3 Å². The molecule has 0 saturated heterocycles. The van der Waals surface area contributed by atoms with Crippen molar-refractivity contribution in [2.75, 3.05) is 11.5 Å². The van der Waals surface area contributed by atoms with Gasteiger partial charge in [-0.05, 0) is 18.8 Å². The van der Waals surface area contributed by atoms with Crippen molar-refractivity contribution in [3.63, 3.8) is 0 Å². The zero-order chi connectivity index (χ0) is 12.0. The summed E-state index contributed by atoms with van der Waals surface area (Å²) in [6.45, 7) is 2.16. The average Bonchev–Trinajstić information content (AvgIpc) is 2.21. The average molecular weight is 245 g/mol. The van der Waals surface area contributed by atoms with E-state index < -0.39 is 5.97 Å². The van der Waals surface area contributed by atoms with Gasteiger partial charge in [0.1, 0.15) is 0 Å². The molecule has 0 aromatic rings. The second-order valence-corrected chi connectivity index (χ2v) is 5.31. The van der Waals surface area contributed by atoms with E-state index in [9.17, 15) is 9.59 Å². The van der Waals surface area contributed by atoms with Gasteiger partial charge in [-0.3, -0.25) is 9.59 Å². The van der Waals surface area contributed by atoms with Crippen LogP contribution in [0.1, 0.15) is 32.6 Å². The van der Waals surface area contributed by atoms with E-state index in [4.69, 9.17) is 5.11 Å². The summed E-state index contributed by atoms with van der Waals surface area (Å²) in [6.07, 6.45) is 4.66. The van der Waals surface area contributed by atoms with Crippen LogP contribution in [0.25, 0.3) is 0 Å². The highest BCUT2D eigenvalue weighted by Gasteiger charge is 2.22. The molecule has 16 heavy (non-hydrogen) atoms. The molecule has 0 aliphatic heterocycles. The van der Waals surface area contributed by atoms with E-state index >= 15 is 0 Å². The molecule has 0 spiro atoms. The highest BCUT2D eigenvalue weighted by Crippen LogP contribution is 2.23. The number of nitrogens with one attached hydrogen (secondary N) is 1. The molecule has 1 saturated carbocycles. The molecule has 0 heterocycles. The number of hydrogen-bond donors (Lipinski definition) is 2. The second-order valence-electron chi connectivity index (χ2n) is 4.32. The monoisotopic (exact) mass is 245 g/mol. The molecule has 1 aliphatic carbocycles. The van der Waals surface area contributed by atoms with Crippen LogP contribution in [0.2, 0.25) is 0 Å². The smallest absolute Gasteiger partial charge is 0.313 e. The summed E-state index contributed by atoms with van der Waals surface area (Å²) in [5, 5.41) is 11.4. The van der Waals surface area contributed by atoms with Gasteiger partial charge < -0.3 is 10.4 Å². The molecule has 5 heteroatoms. The molecule has 2 atom stereocenters. The highest BCUT2D eigenvalue weighted by atomic mass is 32.2. The lowest BCUT2D eigenvalue weighted by Gasteiger charge is -2.29. The Kier molecular flexibility index (Phi) is 5.66. The van der Waals surface area contributed by atoms with Gasteiger partial charge >= 0.3 is 5.97 Å². The first-order valence-electron chi connectivity index (χ1n) is 5.68. The zero-order valence-corrected chi connectivity index (χ0v) is 10.4. The molecule has 1 amide bonds. The molecule has 4 nitrogen and oxygen atoms in total. The number of rotatable bonds is 5. The Hall–Kier alpha value is -0.710. The molecule has 0 aromatic carbocycles. The number of carboxylic acid groups (broad SMARTS) is 1. The fourth-order valence-corrected chi connectivity index (χ4v) is 2.56. The van der Waals surface area contributed by atoms with E-state index in [2.05, 4.69) is 12.2 Å². The lowest BCUT2D eigenvalue weighted by Crippen LogP contribution is -2.41. The van der Waals surface area contributed by atoms with Gasteiger partial charge in [0.05, 0.1) is 11.5 Å². The summed E-state index contributed by atoms with van der Waals surface area (Å²) in [7, 11) is 0. The van der Waals surface area contributed by atoms with Crippen LogP contribution in [-0.2, 0) is 9.59 Å². The Balaban J connectivity index is 2.19. The summed E-state index contributed by atoms with van der Waals surface area (Å²) in [5.74, 6) is -0.126. The minimum absolute atomic E-state index is 0.00631. The number of carboxylic acids is 1.